The normalized spacial score (nSPS) is 10.6. The maximum atomic E-state index is 13.6. The highest BCUT2D eigenvalue weighted by Gasteiger charge is 2.03. The van der Waals surface area contributed by atoms with E-state index in [0.29, 0.717) is 16.9 Å². The van der Waals surface area contributed by atoms with Gasteiger partial charge in [-0.15, -0.1) is 0 Å². The van der Waals surface area contributed by atoms with E-state index in [1.165, 1.54) is 25.1 Å². The fourth-order valence-electron chi connectivity index (χ4n) is 1.87. The zero-order valence-electron chi connectivity index (χ0n) is 12.3. The summed E-state index contributed by atoms with van der Waals surface area (Å²) in [5, 5.41) is 5.28. The van der Waals surface area contributed by atoms with E-state index in [0.717, 1.165) is 4.47 Å². The molecule has 0 aliphatic heterocycles. The van der Waals surface area contributed by atoms with Crippen LogP contribution in [0.25, 0.3) is 6.08 Å². The standard InChI is InChI=1S/C17H14BrFN2O2/c1-11(22)20-14-3-2-4-15(10-14)21-17(23)8-5-12-9-13(18)6-7-16(12)19/h2-10H,1H3,(H,20,22)(H,21,23)/b8-5+. The number of carbonyl (C=O) groups is 2. The third-order valence-corrected chi connectivity index (χ3v) is 3.32. The Hall–Kier alpha value is -2.47. The summed E-state index contributed by atoms with van der Waals surface area (Å²) >= 11 is 3.25. The minimum absolute atomic E-state index is 0.196. The zero-order chi connectivity index (χ0) is 16.8. The first-order valence-electron chi connectivity index (χ1n) is 6.76. The summed E-state index contributed by atoms with van der Waals surface area (Å²) in [5.74, 6) is -1.01. The van der Waals surface area contributed by atoms with Gasteiger partial charge < -0.3 is 10.6 Å². The topological polar surface area (TPSA) is 58.2 Å². The van der Waals surface area contributed by atoms with E-state index in [1.807, 2.05) is 0 Å². The van der Waals surface area contributed by atoms with Crippen LogP contribution in [0.1, 0.15) is 12.5 Å². The lowest BCUT2D eigenvalue weighted by atomic mass is 10.2. The molecule has 2 aromatic rings. The van der Waals surface area contributed by atoms with E-state index in [4.69, 9.17) is 0 Å². The van der Waals surface area contributed by atoms with Crippen molar-refractivity contribution in [1.82, 2.24) is 0 Å². The van der Waals surface area contributed by atoms with E-state index < -0.39 is 11.7 Å². The molecule has 0 spiro atoms. The van der Waals surface area contributed by atoms with Gasteiger partial charge in [-0.2, -0.15) is 0 Å². The molecule has 2 amide bonds. The predicted molar refractivity (Wildman–Crippen MR) is 92.5 cm³/mol. The zero-order valence-corrected chi connectivity index (χ0v) is 13.9. The first kappa shape index (κ1) is 16.9. The Morgan fingerprint density at radius 2 is 1.78 bits per heavy atom. The van der Waals surface area contributed by atoms with Gasteiger partial charge in [0.05, 0.1) is 0 Å². The van der Waals surface area contributed by atoms with Crippen LogP contribution < -0.4 is 10.6 Å². The van der Waals surface area contributed by atoms with Gasteiger partial charge in [-0.3, -0.25) is 9.59 Å². The van der Waals surface area contributed by atoms with Gasteiger partial charge >= 0.3 is 0 Å². The van der Waals surface area contributed by atoms with Crippen molar-refractivity contribution in [1.29, 1.82) is 0 Å². The minimum Gasteiger partial charge on any atom is -0.326 e. The van der Waals surface area contributed by atoms with Crippen LogP contribution in [-0.2, 0) is 9.59 Å². The van der Waals surface area contributed by atoms with Crippen LogP contribution in [0.2, 0.25) is 0 Å². The summed E-state index contributed by atoms with van der Waals surface area (Å²) in [6, 6.07) is 11.2. The van der Waals surface area contributed by atoms with Crippen LogP contribution in [0, 0.1) is 5.82 Å². The number of hydrogen-bond donors (Lipinski definition) is 2. The van der Waals surface area contributed by atoms with Gasteiger partial charge in [0, 0.05) is 34.4 Å². The van der Waals surface area contributed by atoms with E-state index >= 15 is 0 Å². The van der Waals surface area contributed by atoms with Gasteiger partial charge in [0.15, 0.2) is 0 Å². The van der Waals surface area contributed by atoms with Crippen LogP contribution in [0.4, 0.5) is 15.8 Å². The maximum absolute atomic E-state index is 13.6. The highest BCUT2D eigenvalue weighted by molar-refractivity contribution is 9.10. The Bertz CT molecular complexity index is 775. The summed E-state index contributed by atoms with van der Waals surface area (Å²) < 4.78 is 14.3. The Balaban J connectivity index is 2.06. The Kier molecular flexibility index (Phi) is 5.65. The third-order valence-electron chi connectivity index (χ3n) is 2.82. The fraction of sp³-hybridized carbons (Fsp3) is 0.0588. The molecule has 23 heavy (non-hydrogen) atoms. The Morgan fingerprint density at radius 3 is 2.48 bits per heavy atom. The third kappa shape index (κ3) is 5.34. The number of amides is 2. The number of anilines is 2. The number of hydrogen-bond acceptors (Lipinski definition) is 2. The van der Waals surface area contributed by atoms with Crippen LogP contribution in [-0.4, -0.2) is 11.8 Å². The molecule has 118 valence electrons. The molecule has 0 saturated heterocycles. The minimum atomic E-state index is -0.412. The van der Waals surface area contributed by atoms with Crippen molar-refractivity contribution in [3.8, 4) is 0 Å². The smallest absolute Gasteiger partial charge is 0.248 e. The van der Waals surface area contributed by atoms with E-state index in [1.54, 1.807) is 36.4 Å². The summed E-state index contributed by atoms with van der Waals surface area (Å²) in [5.41, 5.74) is 1.42. The van der Waals surface area contributed by atoms with E-state index in [-0.39, 0.29) is 5.91 Å². The van der Waals surface area contributed by atoms with Gasteiger partial charge in [0.25, 0.3) is 0 Å². The molecule has 0 saturated carbocycles. The van der Waals surface area contributed by atoms with Crippen LogP contribution in [0.15, 0.2) is 53.0 Å². The summed E-state index contributed by atoms with van der Waals surface area (Å²) in [7, 11) is 0. The van der Waals surface area contributed by atoms with E-state index in [9.17, 15) is 14.0 Å². The second-order valence-corrected chi connectivity index (χ2v) is 5.67. The number of rotatable bonds is 4. The molecular weight excluding hydrogens is 363 g/mol. The molecule has 0 heterocycles. The van der Waals surface area contributed by atoms with Gasteiger partial charge in [-0.05, 0) is 42.5 Å². The molecule has 0 aromatic heterocycles. The van der Waals surface area contributed by atoms with Gasteiger partial charge in [-0.1, -0.05) is 22.0 Å². The van der Waals surface area contributed by atoms with Gasteiger partial charge in [0.2, 0.25) is 11.8 Å². The molecule has 0 radical (unpaired) electrons. The van der Waals surface area contributed by atoms with Crippen molar-refractivity contribution in [2.75, 3.05) is 10.6 Å². The highest BCUT2D eigenvalue weighted by atomic mass is 79.9. The number of nitrogens with one attached hydrogen (secondary N) is 2. The van der Waals surface area contributed by atoms with Crippen LogP contribution in [0.5, 0.6) is 0 Å². The molecule has 0 atom stereocenters. The monoisotopic (exact) mass is 376 g/mol. The average molecular weight is 377 g/mol. The van der Waals surface area contributed by atoms with Crippen molar-refractivity contribution >= 4 is 45.2 Å². The molecule has 2 rings (SSSR count). The first-order valence-corrected chi connectivity index (χ1v) is 7.55. The van der Waals surface area contributed by atoms with Crippen LogP contribution >= 0.6 is 15.9 Å². The molecule has 0 unspecified atom stereocenters. The lowest BCUT2D eigenvalue weighted by Gasteiger charge is -2.06. The molecular formula is C17H14BrFN2O2. The summed E-state index contributed by atoms with van der Waals surface area (Å²) in [4.78, 5) is 22.9. The van der Waals surface area contributed by atoms with Crippen molar-refractivity contribution in [3.63, 3.8) is 0 Å². The summed E-state index contributed by atoms with van der Waals surface area (Å²) in [6.07, 6.45) is 2.64. The SMILES string of the molecule is CC(=O)Nc1cccc(NC(=O)/C=C/c2cc(Br)ccc2F)c1. The average Bonchev–Trinajstić information content (AvgIpc) is 2.48. The molecule has 0 aliphatic rings. The largest absolute Gasteiger partial charge is 0.326 e. The number of benzene rings is 2. The molecule has 2 aromatic carbocycles. The second kappa shape index (κ2) is 7.69. The van der Waals surface area contributed by atoms with Crippen molar-refractivity contribution in [2.24, 2.45) is 0 Å². The fourth-order valence-corrected chi connectivity index (χ4v) is 2.25. The number of halogens is 2. The molecule has 2 N–H and O–H groups in total. The number of carbonyl (C=O) groups excluding carboxylic acids is 2. The molecule has 0 aliphatic carbocycles. The van der Waals surface area contributed by atoms with Crippen LogP contribution in [0.3, 0.4) is 0 Å². The molecule has 0 fully saturated rings. The van der Waals surface area contributed by atoms with E-state index in [2.05, 4.69) is 26.6 Å². The highest BCUT2D eigenvalue weighted by Crippen LogP contribution is 2.17. The predicted octanol–water partition coefficient (Wildman–Crippen LogP) is 4.20. The Labute approximate surface area is 141 Å². The quantitative estimate of drug-likeness (QED) is 0.785. The molecule has 0 bridgehead atoms. The summed E-state index contributed by atoms with van der Waals surface area (Å²) in [6.45, 7) is 1.40. The van der Waals surface area contributed by atoms with Gasteiger partial charge in [-0.25, -0.2) is 4.39 Å². The Morgan fingerprint density at radius 1 is 1.09 bits per heavy atom. The van der Waals surface area contributed by atoms with Crippen molar-refractivity contribution in [3.05, 3.63) is 64.4 Å². The lowest BCUT2D eigenvalue weighted by Crippen LogP contribution is -2.09. The lowest BCUT2D eigenvalue weighted by molar-refractivity contribution is -0.114. The van der Waals surface area contributed by atoms with Gasteiger partial charge in [0.1, 0.15) is 5.82 Å². The van der Waals surface area contributed by atoms with Crippen molar-refractivity contribution in [2.45, 2.75) is 6.92 Å². The molecule has 4 nitrogen and oxygen atoms in total. The first-order chi connectivity index (χ1) is 10.9. The maximum Gasteiger partial charge on any atom is 0.248 e. The molecule has 6 heteroatoms. The second-order valence-electron chi connectivity index (χ2n) is 4.75. The van der Waals surface area contributed by atoms with Crippen molar-refractivity contribution < 1.29 is 14.0 Å².